The van der Waals surface area contributed by atoms with Crippen LogP contribution < -0.4 is 4.90 Å². The Morgan fingerprint density at radius 2 is 1.67 bits per heavy atom. The molecule has 0 aromatic heterocycles. The SMILES string of the molecule is O=C(Cc1ccc(F)cc1)N1CCC(C(=O)N2CCc3ccccc32)CC1. The van der Waals surface area contributed by atoms with Gasteiger partial charge in [0, 0.05) is 31.2 Å². The summed E-state index contributed by atoms with van der Waals surface area (Å²) in [5, 5.41) is 0. The maximum Gasteiger partial charge on any atom is 0.230 e. The summed E-state index contributed by atoms with van der Waals surface area (Å²) in [5.74, 6) is -0.0929. The average molecular weight is 366 g/mol. The molecule has 0 saturated carbocycles. The number of hydrogen-bond donors (Lipinski definition) is 0. The molecule has 0 aliphatic carbocycles. The minimum absolute atomic E-state index is 0.0222. The lowest BCUT2D eigenvalue weighted by molar-refractivity contribution is -0.134. The Kier molecular flexibility index (Phi) is 4.92. The van der Waals surface area contributed by atoms with E-state index in [2.05, 4.69) is 6.07 Å². The van der Waals surface area contributed by atoms with Gasteiger partial charge in [-0.3, -0.25) is 9.59 Å². The fourth-order valence-electron chi connectivity index (χ4n) is 4.05. The van der Waals surface area contributed by atoms with Gasteiger partial charge in [-0.25, -0.2) is 4.39 Å². The van der Waals surface area contributed by atoms with Gasteiger partial charge in [0.25, 0.3) is 0 Å². The van der Waals surface area contributed by atoms with Crippen molar-refractivity contribution in [3.63, 3.8) is 0 Å². The summed E-state index contributed by atoms with van der Waals surface area (Å²) >= 11 is 0. The first-order valence-corrected chi connectivity index (χ1v) is 9.53. The van der Waals surface area contributed by atoms with Crippen LogP contribution in [0.15, 0.2) is 48.5 Å². The molecule has 2 aliphatic heterocycles. The van der Waals surface area contributed by atoms with Gasteiger partial charge in [-0.2, -0.15) is 0 Å². The van der Waals surface area contributed by atoms with Crippen molar-refractivity contribution in [2.24, 2.45) is 5.92 Å². The number of anilines is 1. The number of carbonyl (C=O) groups excluding carboxylic acids is 2. The number of hydrogen-bond acceptors (Lipinski definition) is 2. The molecule has 2 aromatic carbocycles. The molecule has 27 heavy (non-hydrogen) atoms. The van der Waals surface area contributed by atoms with Crippen LogP contribution in [0.5, 0.6) is 0 Å². The number of likely N-dealkylation sites (tertiary alicyclic amines) is 1. The zero-order chi connectivity index (χ0) is 18.8. The fourth-order valence-corrected chi connectivity index (χ4v) is 4.05. The maximum atomic E-state index is 13.0. The van der Waals surface area contributed by atoms with E-state index in [0.29, 0.717) is 25.9 Å². The van der Waals surface area contributed by atoms with Gasteiger partial charge in [0.15, 0.2) is 0 Å². The highest BCUT2D eigenvalue weighted by Crippen LogP contribution is 2.31. The standard InChI is InChI=1S/C22H23FN2O2/c23-19-7-5-16(6-8-19)15-21(26)24-12-9-18(10-13-24)22(27)25-14-11-17-3-1-2-4-20(17)25/h1-8,18H,9-15H2. The lowest BCUT2D eigenvalue weighted by Crippen LogP contribution is -2.44. The molecule has 0 bridgehead atoms. The molecule has 2 aromatic rings. The van der Waals surface area contributed by atoms with Crippen molar-refractivity contribution in [3.05, 3.63) is 65.5 Å². The molecule has 2 heterocycles. The summed E-state index contributed by atoms with van der Waals surface area (Å²) in [7, 11) is 0. The van der Waals surface area contributed by atoms with Crippen LogP contribution in [-0.2, 0) is 22.4 Å². The third kappa shape index (κ3) is 3.72. The predicted octanol–water partition coefficient (Wildman–Crippen LogP) is 3.20. The summed E-state index contributed by atoms with van der Waals surface area (Å²) < 4.78 is 13.0. The molecule has 1 fully saturated rings. The first kappa shape index (κ1) is 17.7. The first-order chi connectivity index (χ1) is 13.1. The highest BCUT2D eigenvalue weighted by Gasteiger charge is 2.33. The largest absolute Gasteiger partial charge is 0.342 e. The Labute approximate surface area is 158 Å². The Morgan fingerprint density at radius 1 is 0.963 bits per heavy atom. The highest BCUT2D eigenvalue weighted by molar-refractivity contribution is 5.97. The molecular weight excluding hydrogens is 343 g/mol. The average Bonchev–Trinajstić information content (AvgIpc) is 3.13. The van der Waals surface area contributed by atoms with E-state index in [1.54, 1.807) is 12.1 Å². The number of nitrogens with zero attached hydrogens (tertiary/aromatic N) is 2. The number of halogens is 1. The molecule has 0 atom stereocenters. The number of piperidine rings is 1. The summed E-state index contributed by atoms with van der Waals surface area (Å²) in [6.07, 6.45) is 2.59. The van der Waals surface area contributed by atoms with Crippen LogP contribution >= 0.6 is 0 Å². The molecule has 0 unspecified atom stereocenters. The minimum atomic E-state index is -0.297. The zero-order valence-corrected chi connectivity index (χ0v) is 15.2. The number of fused-ring (bicyclic) bond motifs is 1. The Morgan fingerprint density at radius 3 is 2.41 bits per heavy atom. The maximum absolute atomic E-state index is 13.0. The van der Waals surface area contributed by atoms with Gasteiger partial charge >= 0.3 is 0 Å². The predicted molar refractivity (Wildman–Crippen MR) is 102 cm³/mol. The Hall–Kier alpha value is -2.69. The third-order valence-electron chi connectivity index (χ3n) is 5.62. The highest BCUT2D eigenvalue weighted by atomic mass is 19.1. The minimum Gasteiger partial charge on any atom is -0.342 e. The van der Waals surface area contributed by atoms with Gasteiger partial charge in [-0.15, -0.1) is 0 Å². The molecular formula is C22H23FN2O2. The number of benzene rings is 2. The van der Waals surface area contributed by atoms with Crippen molar-refractivity contribution in [2.75, 3.05) is 24.5 Å². The van der Waals surface area contributed by atoms with E-state index in [4.69, 9.17) is 0 Å². The van der Waals surface area contributed by atoms with Crippen molar-refractivity contribution in [2.45, 2.75) is 25.7 Å². The molecule has 2 amide bonds. The third-order valence-corrected chi connectivity index (χ3v) is 5.62. The van der Waals surface area contributed by atoms with Crippen molar-refractivity contribution >= 4 is 17.5 Å². The van der Waals surface area contributed by atoms with Crippen molar-refractivity contribution < 1.29 is 14.0 Å². The second-order valence-electron chi connectivity index (χ2n) is 7.33. The number of carbonyl (C=O) groups is 2. The lowest BCUT2D eigenvalue weighted by atomic mass is 9.94. The topological polar surface area (TPSA) is 40.6 Å². The number of amides is 2. The van der Waals surface area contributed by atoms with Gasteiger partial charge in [0.2, 0.25) is 11.8 Å². The Bertz CT molecular complexity index is 842. The van der Waals surface area contributed by atoms with Crippen molar-refractivity contribution in [3.8, 4) is 0 Å². The Balaban J connectivity index is 1.33. The van der Waals surface area contributed by atoms with Gasteiger partial charge in [-0.05, 0) is 48.6 Å². The van der Waals surface area contributed by atoms with Crippen LogP contribution in [0.3, 0.4) is 0 Å². The van der Waals surface area contributed by atoms with E-state index in [9.17, 15) is 14.0 Å². The van der Waals surface area contributed by atoms with Crippen molar-refractivity contribution in [1.82, 2.24) is 4.90 Å². The van der Waals surface area contributed by atoms with Crippen LogP contribution in [0.25, 0.3) is 0 Å². The van der Waals surface area contributed by atoms with E-state index in [1.165, 1.54) is 17.7 Å². The lowest BCUT2D eigenvalue weighted by Gasteiger charge is -2.33. The molecule has 1 saturated heterocycles. The monoisotopic (exact) mass is 366 g/mol. The van der Waals surface area contributed by atoms with Crippen LogP contribution in [-0.4, -0.2) is 36.3 Å². The van der Waals surface area contributed by atoms with Crippen LogP contribution in [0.1, 0.15) is 24.0 Å². The summed E-state index contributed by atoms with van der Waals surface area (Å²) in [5.41, 5.74) is 3.09. The van der Waals surface area contributed by atoms with Crippen LogP contribution in [0.4, 0.5) is 10.1 Å². The van der Waals surface area contributed by atoms with E-state index in [1.807, 2.05) is 28.0 Å². The molecule has 4 nitrogen and oxygen atoms in total. The van der Waals surface area contributed by atoms with E-state index in [-0.39, 0.29) is 30.0 Å². The number of rotatable bonds is 3. The van der Waals surface area contributed by atoms with Gasteiger partial charge in [-0.1, -0.05) is 30.3 Å². The quantitative estimate of drug-likeness (QED) is 0.837. The molecule has 2 aliphatic rings. The summed E-state index contributed by atoms with van der Waals surface area (Å²) in [6.45, 7) is 1.96. The van der Waals surface area contributed by atoms with Crippen LogP contribution in [0.2, 0.25) is 0 Å². The summed E-state index contributed by atoms with van der Waals surface area (Å²) in [4.78, 5) is 29.2. The zero-order valence-electron chi connectivity index (χ0n) is 15.2. The molecule has 4 rings (SSSR count). The molecule has 5 heteroatoms. The first-order valence-electron chi connectivity index (χ1n) is 9.53. The second-order valence-corrected chi connectivity index (χ2v) is 7.33. The van der Waals surface area contributed by atoms with Crippen molar-refractivity contribution in [1.29, 1.82) is 0 Å². The second kappa shape index (κ2) is 7.51. The van der Waals surface area contributed by atoms with E-state index < -0.39 is 0 Å². The molecule has 140 valence electrons. The number of para-hydroxylation sites is 1. The van der Waals surface area contributed by atoms with Gasteiger partial charge in [0.1, 0.15) is 5.82 Å². The van der Waals surface area contributed by atoms with E-state index in [0.717, 1.165) is 24.2 Å². The van der Waals surface area contributed by atoms with Crippen LogP contribution in [0, 0.1) is 11.7 Å². The molecule has 0 radical (unpaired) electrons. The normalized spacial score (nSPS) is 17.1. The smallest absolute Gasteiger partial charge is 0.230 e. The fraction of sp³-hybridized carbons (Fsp3) is 0.364. The van der Waals surface area contributed by atoms with Gasteiger partial charge < -0.3 is 9.80 Å². The summed E-state index contributed by atoms with van der Waals surface area (Å²) in [6, 6.07) is 14.1. The van der Waals surface area contributed by atoms with E-state index >= 15 is 0 Å². The molecule has 0 N–H and O–H groups in total. The molecule has 0 spiro atoms. The van der Waals surface area contributed by atoms with Gasteiger partial charge in [0.05, 0.1) is 6.42 Å².